The van der Waals surface area contributed by atoms with Gasteiger partial charge in [-0.05, 0) is 33.6 Å². The fourth-order valence-corrected chi connectivity index (χ4v) is 2.20. The highest BCUT2D eigenvalue weighted by atomic mass is 16.6. The van der Waals surface area contributed by atoms with E-state index in [4.69, 9.17) is 9.26 Å². The maximum Gasteiger partial charge on any atom is 0.410 e. The zero-order valence-corrected chi connectivity index (χ0v) is 11.8. The quantitative estimate of drug-likeness (QED) is 0.782. The van der Waals surface area contributed by atoms with E-state index < -0.39 is 5.60 Å². The van der Waals surface area contributed by atoms with Gasteiger partial charge in [0.05, 0.1) is 0 Å². The van der Waals surface area contributed by atoms with Crippen molar-refractivity contribution in [2.24, 2.45) is 0 Å². The summed E-state index contributed by atoms with van der Waals surface area (Å²) in [7, 11) is 0. The van der Waals surface area contributed by atoms with Gasteiger partial charge in [0, 0.05) is 19.0 Å². The molecule has 0 radical (unpaired) electrons. The lowest BCUT2D eigenvalue weighted by Crippen LogP contribution is -2.38. The van der Waals surface area contributed by atoms with Gasteiger partial charge in [-0.2, -0.15) is 4.98 Å². The standard InChI is InChI=1S/C13H21N3O3/c1-13(2,3)19-12(17)16-7-5-4-6-10(8-16)11-14-9-18-15-11/h9-10H,4-8H2,1-3H3. The number of carbonyl (C=O) groups excluding carboxylic acids is 1. The number of hydrogen-bond donors (Lipinski definition) is 0. The van der Waals surface area contributed by atoms with E-state index in [1.54, 1.807) is 4.90 Å². The van der Waals surface area contributed by atoms with E-state index >= 15 is 0 Å². The third kappa shape index (κ3) is 3.94. The molecule has 1 unspecified atom stereocenters. The SMILES string of the molecule is CC(C)(C)OC(=O)N1CCCCC(c2ncon2)C1. The first-order valence-corrected chi connectivity index (χ1v) is 6.70. The summed E-state index contributed by atoms with van der Waals surface area (Å²) in [6, 6.07) is 0. The lowest BCUT2D eigenvalue weighted by Gasteiger charge is -2.27. The van der Waals surface area contributed by atoms with E-state index in [0.29, 0.717) is 12.4 Å². The summed E-state index contributed by atoms with van der Waals surface area (Å²) >= 11 is 0. The van der Waals surface area contributed by atoms with Crippen LogP contribution < -0.4 is 0 Å². The van der Waals surface area contributed by atoms with Gasteiger partial charge in [-0.3, -0.25) is 0 Å². The second kappa shape index (κ2) is 5.59. The van der Waals surface area contributed by atoms with E-state index in [0.717, 1.165) is 25.8 Å². The molecule has 6 nitrogen and oxygen atoms in total. The van der Waals surface area contributed by atoms with Crippen molar-refractivity contribution in [3.8, 4) is 0 Å². The minimum absolute atomic E-state index is 0.133. The fourth-order valence-electron chi connectivity index (χ4n) is 2.20. The smallest absolute Gasteiger partial charge is 0.410 e. The summed E-state index contributed by atoms with van der Waals surface area (Å²) in [4.78, 5) is 18.0. The number of aromatic nitrogens is 2. The summed E-state index contributed by atoms with van der Waals surface area (Å²) in [6.07, 6.45) is 4.08. The molecule has 0 bridgehead atoms. The van der Waals surface area contributed by atoms with Crippen molar-refractivity contribution in [2.45, 2.75) is 51.6 Å². The van der Waals surface area contributed by atoms with Crippen molar-refractivity contribution in [3.05, 3.63) is 12.2 Å². The number of carbonyl (C=O) groups is 1. The van der Waals surface area contributed by atoms with Crippen LogP contribution in [0.5, 0.6) is 0 Å². The van der Waals surface area contributed by atoms with Crippen LogP contribution in [0.25, 0.3) is 0 Å². The first-order valence-electron chi connectivity index (χ1n) is 6.70. The maximum atomic E-state index is 12.1. The van der Waals surface area contributed by atoms with E-state index in [-0.39, 0.29) is 12.0 Å². The minimum atomic E-state index is -0.467. The Morgan fingerprint density at radius 1 is 1.47 bits per heavy atom. The van der Waals surface area contributed by atoms with E-state index in [2.05, 4.69) is 10.1 Å². The third-order valence-electron chi connectivity index (χ3n) is 3.07. The van der Waals surface area contributed by atoms with Gasteiger partial charge >= 0.3 is 6.09 Å². The number of hydrogen-bond acceptors (Lipinski definition) is 5. The average Bonchev–Trinajstić information content (AvgIpc) is 2.71. The molecular weight excluding hydrogens is 246 g/mol. The number of ether oxygens (including phenoxy) is 1. The molecule has 0 spiro atoms. The van der Waals surface area contributed by atoms with Crippen LogP contribution in [0.2, 0.25) is 0 Å². The lowest BCUT2D eigenvalue weighted by atomic mass is 10.0. The highest BCUT2D eigenvalue weighted by Gasteiger charge is 2.28. The Balaban J connectivity index is 2.02. The van der Waals surface area contributed by atoms with Crippen LogP contribution in [-0.4, -0.2) is 39.8 Å². The Labute approximate surface area is 113 Å². The molecule has 2 heterocycles. The highest BCUT2D eigenvalue weighted by molar-refractivity contribution is 5.68. The van der Waals surface area contributed by atoms with Crippen LogP contribution in [0.15, 0.2) is 10.9 Å². The van der Waals surface area contributed by atoms with E-state index in [1.807, 2.05) is 20.8 Å². The molecule has 2 rings (SSSR count). The molecule has 0 N–H and O–H groups in total. The largest absolute Gasteiger partial charge is 0.444 e. The molecule has 1 fully saturated rings. The van der Waals surface area contributed by atoms with Crippen molar-refractivity contribution < 1.29 is 14.1 Å². The van der Waals surface area contributed by atoms with Crippen molar-refractivity contribution in [1.29, 1.82) is 0 Å². The van der Waals surface area contributed by atoms with Gasteiger partial charge in [-0.1, -0.05) is 11.6 Å². The highest BCUT2D eigenvalue weighted by Crippen LogP contribution is 2.25. The summed E-state index contributed by atoms with van der Waals surface area (Å²) in [5, 5.41) is 3.89. The second-order valence-electron chi connectivity index (χ2n) is 5.91. The van der Waals surface area contributed by atoms with Crippen molar-refractivity contribution in [3.63, 3.8) is 0 Å². The zero-order chi connectivity index (χ0) is 13.9. The Bertz CT molecular complexity index is 411. The third-order valence-corrected chi connectivity index (χ3v) is 3.07. The van der Waals surface area contributed by atoms with Crippen LogP contribution in [-0.2, 0) is 4.74 Å². The van der Waals surface area contributed by atoms with Crippen molar-refractivity contribution in [1.82, 2.24) is 15.0 Å². The molecule has 19 heavy (non-hydrogen) atoms. The maximum absolute atomic E-state index is 12.1. The van der Waals surface area contributed by atoms with Crippen LogP contribution in [0.4, 0.5) is 4.79 Å². The van der Waals surface area contributed by atoms with Gasteiger partial charge in [0.15, 0.2) is 5.82 Å². The number of likely N-dealkylation sites (tertiary alicyclic amines) is 1. The van der Waals surface area contributed by atoms with Gasteiger partial charge in [0.25, 0.3) is 0 Å². The molecule has 1 saturated heterocycles. The van der Waals surface area contributed by atoms with E-state index in [9.17, 15) is 4.79 Å². The summed E-state index contributed by atoms with van der Waals surface area (Å²) < 4.78 is 10.2. The molecule has 1 atom stereocenters. The van der Waals surface area contributed by atoms with Crippen LogP contribution in [0, 0.1) is 0 Å². The second-order valence-corrected chi connectivity index (χ2v) is 5.91. The monoisotopic (exact) mass is 267 g/mol. The average molecular weight is 267 g/mol. The van der Waals surface area contributed by atoms with Crippen molar-refractivity contribution >= 4 is 6.09 Å². The van der Waals surface area contributed by atoms with Crippen LogP contribution in [0.3, 0.4) is 0 Å². The molecule has 6 heteroatoms. The Morgan fingerprint density at radius 2 is 2.26 bits per heavy atom. The van der Waals surface area contributed by atoms with Crippen molar-refractivity contribution in [2.75, 3.05) is 13.1 Å². The van der Waals surface area contributed by atoms with Gasteiger partial charge in [0.1, 0.15) is 5.60 Å². The fraction of sp³-hybridized carbons (Fsp3) is 0.769. The predicted octanol–water partition coefficient (Wildman–Crippen LogP) is 2.57. The number of amides is 1. The Morgan fingerprint density at radius 3 is 2.89 bits per heavy atom. The molecule has 0 aromatic carbocycles. The molecule has 1 aromatic heterocycles. The first-order chi connectivity index (χ1) is 8.96. The molecule has 0 aliphatic carbocycles. The molecule has 0 saturated carbocycles. The van der Waals surface area contributed by atoms with Gasteiger partial charge in [-0.15, -0.1) is 0 Å². The molecule has 106 valence electrons. The zero-order valence-electron chi connectivity index (χ0n) is 11.8. The molecule has 1 aliphatic rings. The summed E-state index contributed by atoms with van der Waals surface area (Å²) in [5.41, 5.74) is -0.467. The normalized spacial score (nSPS) is 21.0. The van der Waals surface area contributed by atoms with E-state index in [1.165, 1.54) is 6.39 Å². The predicted molar refractivity (Wildman–Crippen MR) is 68.7 cm³/mol. The Kier molecular flexibility index (Phi) is 4.07. The van der Waals surface area contributed by atoms with Crippen LogP contribution in [0.1, 0.15) is 51.8 Å². The van der Waals surface area contributed by atoms with Gasteiger partial charge < -0.3 is 14.2 Å². The summed E-state index contributed by atoms with van der Waals surface area (Å²) in [6.45, 7) is 6.94. The molecule has 1 aromatic rings. The molecule has 1 amide bonds. The first kappa shape index (κ1) is 13.8. The number of nitrogens with zero attached hydrogens (tertiary/aromatic N) is 3. The number of rotatable bonds is 1. The minimum Gasteiger partial charge on any atom is -0.444 e. The Hall–Kier alpha value is -1.59. The molecule has 1 aliphatic heterocycles. The lowest BCUT2D eigenvalue weighted by molar-refractivity contribution is 0.0247. The topological polar surface area (TPSA) is 68.5 Å². The summed E-state index contributed by atoms with van der Waals surface area (Å²) in [5.74, 6) is 0.809. The van der Waals surface area contributed by atoms with Gasteiger partial charge in [-0.25, -0.2) is 4.79 Å². The molecular formula is C13H21N3O3. The van der Waals surface area contributed by atoms with Crippen LogP contribution >= 0.6 is 0 Å². The van der Waals surface area contributed by atoms with Gasteiger partial charge in [0.2, 0.25) is 6.39 Å².